The van der Waals surface area contributed by atoms with Gasteiger partial charge in [0.2, 0.25) is 0 Å². The van der Waals surface area contributed by atoms with Crippen molar-refractivity contribution in [2.75, 3.05) is 0 Å². The highest BCUT2D eigenvalue weighted by molar-refractivity contribution is 5.21. The standard InChI is InChI=1S/C15H24O/c1-3-4-5-6-10-13-15(2,16)14-11-8-7-9-12-14/h7-9,11-12,16H,3-6,10,13H2,1-2H3/t15-/m0/s1. The number of rotatable bonds is 7. The molecular weight excluding hydrogens is 196 g/mol. The molecule has 0 aliphatic heterocycles. The Hall–Kier alpha value is -0.820. The van der Waals surface area contributed by atoms with Gasteiger partial charge in [-0.15, -0.1) is 0 Å². The Morgan fingerprint density at radius 3 is 2.25 bits per heavy atom. The molecule has 0 aliphatic rings. The molecule has 0 amide bonds. The van der Waals surface area contributed by atoms with Crippen LogP contribution < -0.4 is 0 Å². The summed E-state index contributed by atoms with van der Waals surface area (Å²) in [5, 5.41) is 10.3. The zero-order valence-corrected chi connectivity index (χ0v) is 10.6. The molecule has 0 aliphatic carbocycles. The fourth-order valence-corrected chi connectivity index (χ4v) is 2.01. The largest absolute Gasteiger partial charge is 0.385 e. The smallest absolute Gasteiger partial charge is 0.0868 e. The number of aliphatic hydroxyl groups is 1. The summed E-state index contributed by atoms with van der Waals surface area (Å²) in [5.41, 5.74) is 0.374. The van der Waals surface area contributed by atoms with E-state index in [1.54, 1.807) is 0 Å². The molecule has 1 N–H and O–H groups in total. The fourth-order valence-electron chi connectivity index (χ4n) is 2.01. The van der Waals surface area contributed by atoms with Crippen LogP contribution >= 0.6 is 0 Å². The lowest BCUT2D eigenvalue weighted by Crippen LogP contribution is -2.20. The zero-order valence-electron chi connectivity index (χ0n) is 10.6. The molecular formula is C15H24O. The number of hydrogen-bond donors (Lipinski definition) is 1. The summed E-state index contributed by atoms with van der Waals surface area (Å²) in [6.45, 7) is 4.14. The first-order valence-electron chi connectivity index (χ1n) is 6.44. The second kappa shape index (κ2) is 6.70. The van der Waals surface area contributed by atoms with Gasteiger partial charge in [0, 0.05) is 0 Å². The van der Waals surface area contributed by atoms with Gasteiger partial charge in [-0.2, -0.15) is 0 Å². The van der Waals surface area contributed by atoms with Gasteiger partial charge in [-0.1, -0.05) is 69.4 Å². The summed E-state index contributed by atoms with van der Waals surface area (Å²) in [7, 11) is 0. The van der Waals surface area contributed by atoms with Gasteiger partial charge in [0.1, 0.15) is 0 Å². The molecule has 0 saturated carbocycles. The highest BCUT2D eigenvalue weighted by Gasteiger charge is 2.21. The number of benzene rings is 1. The molecule has 1 aromatic carbocycles. The highest BCUT2D eigenvalue weighted by atomic mass is 16.3. The normalized spacial score (nSPS) is 14.7. The maximum atomic E-state index is 10.3. The minimum Gasteiger partial charge on any atom is -0.385 e. The van der Waals surface area contributed by atoms with E-state index < -0.39 is 5.60 Å². The number of unbranched alkanes of at least 4 members (excludes halogenated alkanes) is 4. The summed E-state index contributed by atoms with van der Waals surface area (Å²) in [4.78, 5) is 0. The van der Waals surface area contributed by atoms with Crippen molar-refractivity contribution in [1.29, 1.82) is 0 Å². The van der Waals surface area contributed by atoms with Gasteiger partial charge >= 0.3 is 0 Å². The van der Waals surface area contributed by atoms with Crippen LogP contribution in [0.5, 0.6) is 0 Å². The van der Waals surface area contributed by atoms with Gasteiger partial charge in [-0.3, -0.25) is 0 Å². The third kappa shape index (κ3) is 4.36. The lowest BCUT2D eigenvalue weighted by Gasteiger charge is -2.23. The van der Waals surface area contributed by atoms with Crippen LogP contribution in [0.15, 0.2) is 30.3 Å². The van der Waals surface area contributed by atoms with Gasteiger partial charge in [0.15, 0.2) is 0 Å². The zero-order chi connectivity index (χ0) is 11.9. The van der Waals surface area contributed by atoms with Crippen LogP contribution in [0.2, 0.25) is 0 Å². The molecule has 0 spiro atoms. The molecule has 1 heteroatoms. The molecule has 0 saturated heterocycles. The van der Waals surface area contributed by atoms with Gasteiger partial charge < -0.3 is 5.11 Å². The summed E-state index contributed by atoms with van der Waals surface area (Å²) in [6.07, 6.45) is 7.09. The van der Waals surface area contributed by atoms with E-state index in [1.165, 1.54) is 25.7 Å². The van der Waals surface area contributed by atoms with Crippen LogP contribution in [-0.2, 0) is 5.60 Å². The van der Waals surface area contributed by atoms with Crippen molar-refractivity contribution >= 4 is 0 Å². The Balaban J connectivity index is 2.35. The summed E-state index contributed by atoms with van der Waals surface area (Å²) >= 11 is 0. The van der Waals surface area contributed by atoms with E-state index in [0.717, 1.165) is 18.4 Å². The van der Waals surface area contributed by atoms with Crippen molar-refractivity contribution in [3.8, 4) is 0 Å². The molecule has 0 aromatic heterocycles. The van der Waals surface area contributed by atoms with Gasteiger partial charge in [-0.05, 0) is 18.9 Å². The monoisotopic (exact) mass is 220 g/mol. The third-order valence-corrected chi connectivity index (χ3v) is 3.16. The molecule has 16 heavy (non-hydrogen) atoms. The molecule has 1 nitrogen and oxygen atoms in total. The predicted molar refractivity (Wildman–Crippen MR) is 69.4 cm³/mol. The van der Waals surface area contributed by atoms with Gasteiger partial charge in [-0.25, -0.2) is 0 Å². The van der Waals surface area contributed by atoms with E-state index in [4.69, 9.17) is 0 Å². The first-order valence-corrected chi connectivity index (χ1v) is 6.44. The molecule has 0 fully saturated rings. The number of hydrogen-bond acceptors (Lipinski definition) is 1. The van der Waals surface area contributed by atoms with Crippen molar-refractivity contribution in [1.82, 2.24) is 0 Å². The van der Waals surface area contributed by atoms with Crippen LogP contribution in [0.1, 0.15) is 57.9 Å². The Labute approximate surface area is 99.5 Å². The quantitative estimate of drug-likeness (QED) is 0.681. The summed E-state index contributed by atoms with van der Waals surface area (Å²) < 4.78 is 0. The first-order chi connectivity index (χ1) is 7.67. The topological polar surface area (TPSA) is 20.2 Å². The van der Waals surface area contributed by atoms with Crippen LogP contribution in [0.3, 0.4) is 0 Å². The van der Waals surface area contributed by atoms with Crippen LogP contribution in [0.25, 0.3) is 0 Å². The maximum absolute atomic E-state index is 10.3. The minimum absolute atomic E-state index is 0.659. The highest BCUT2D eigenvalue weighted by Crippen LogP contribution is 2.26. The molecule has 90 valence electrons. The molecule has 1 atom stereocenters. The summed E-state index contributed by atoms with van der Waals surface area (Å²) in [6, 6.07) is 9.97. The van der Waals surface area contributed by atoms with Crippen molar-refractivity contribution in [2.24, 2.45) is 0 Å². The second-order valence-corrected chi connectivity index (χ2v) is 4.80. The Morgan fingerprint density at radius 1 is 1.00 bits per heavy atom. The van der Waals surface area contributed by atoms with Crippen LogP contribution in [-0.4, -0.2) is 5.11 Å². The Bertz CT molecular complexity index is 277. The van der Waals surface area contributed by atoms with Crippen molar-refractivity contribution in [2.45, 2.75) is 58.0 Å². The van der Waals surface area contributed by atoms with Crippen LogP contribution in [0.4, 0.5) is 0 Å². The maximum Gasteiger partial charge on any atom is 0.0868 e. The SMILES string of the molecule is CCCCCCC[C@](C)(O)c1ccccc1. The molecule has 0 radical (unpaired) electrons. The van der Waals surface area contributed by atoms with Gasteiger partial charge in [0.05, 0.1) is 5.60 Å². The van der Waals surface area contributed by atoms with Crippen molar-refractivity contribution in [3.05, 3.63) is 35.9 Å². The first kappa shape index (κ1) is 13.2. The van der Waals surface area contributed by atoms with E-state index in [2.05, 4.69) is 6.92 Å². The lowest BCUT2D eigenvalue weighted by atomic mass is 9.90. The van der Waals surface area contributed by atoms with E-state index in [0.29, 0.717) is 0 Å². The Kier molecular flexibility index (Phi) is 5.54. The second-order valence-electron chi connectivity index (χ2n) is 4.80. The van der Waals surface area contributed by atoms with E-state index in [9.17, 15) is 5.11 Å². The van der Waals surface area contributed by atoms with Crippen molar-refractivity contribution in [3.63, 3.8) is 0 Å². The van der Waals surface area contributed by atoms with Gasteiger partial charge in [0.25, 0.3) is 0 Å². The molecule has 1 rings (SSSR count). The lowest BCUT2D eigenvalue weighted by molar-refractivity contribution is 0.0448. The van der Waals surface area contributed by atoms with E-state index in [-0.39, 0.29) is 0 Å². The van der Waals surface area contributed by atoms with Crippen molar-refractivity contribution < 1.29 is 5.11 Å². The minimum atomic E-state index is -0.659. The summed E-state index contributed by atoms with van der Waals surface area (Å²) in [5.74, 6) is 0. The predicted octanol–water partition coefficient (Wildman–Crippen LogP) is 4.25. The molecule has 0 bridgehead atoms. The molecule has 0 unspecified atom stereocenters. The van der Waals surface area contributed by atoms with E-state index >= 15 is 0 Å². The average Bonchev–Trinajstić information content (AvgIpc) is 2.30. The van der Waals surface area contributed by atoms with E-state index in [1.807, 2.05) is 37.3 Å². The average molecular weight is 220 g/mol. The van der Waals surface area contributed by atoms with Crippen LogP contribution in [0, 0.1) is 0 Å². The molecule has 0 heterocycles. The molecule has 1 aromatic rings. The fraction of sp³-hybridized carbons (Fsp3) is 0.600. The Morgan fingerprint density at radius 2 is 1.62 bits per heavy atom. The third-order valence-electron chi connectivity index (χ3n) is 3.16.